The first-order chi connectivity index (χ1) is 19.3. The highest BCUT2D eigenvalue weighted by Crippen LogP contribution is 2.44. The maximum atomic E-state index is 13.8. The molecule has 0 radical (unpaired) electrons. The van der Waals surface area contributed by atoms with E-state index in [1.807, 2.05) is 0 Å². The molecule has 12 heteroatoms. The van der Waals surface area contributed by atoms with Crippen molar-refractivity contribution in [1.82, 2.24) is 19.6 Å². The molecule has 8 nitrogen and oxygen atoms in total. The summed E-state index contributed by atoms with van der Waals surface area (Å²) in [4.78, 5) is 32.6. The third-order valence-electron chi connectivity index (χ3n) is 6.44. The Morgan fingerprint density at radius 3 is 2.42 bits per heavy atom. The first-order valence-electron chi connectivity index (χ1n) is 12.0. The molecule has 4 heterocycles. The second kappa shape index (κ2) is 10.3. The molecule has 3 aromatic heterocycles. The van der Waals surface area contributed by atoms with E-state index >= 15 is 0 Å². The average Bonchev–Trinajstić information content (AvgIpc) is 3.62. The first-order valence-corrected chi connectivity index (χ1v) is 13.8. The Morgan fingerprint density at radius 2 is 1.70 bits per heavy atom. The van der Waals surface area contributed by atoms with Crippen LogP contribution in [0.3, 0.4) is 0 Å². The number of benzene rings is 2. The number of hydrogen-bond acceptors (Lipinski definition) is 8. The van der Waals surface area contributed by atoms with Gasteiger partial charge < -0.3 is 5.11 Å². The number of fused-ring (bicyclic) bond motifs is 1. The number of aromatic nitrogens is 4. The summed E-state index contributed by atoms with van der Waals surface area (Å²) < 4.78 is 29.2. The fourth-order valence-electron chi connectivity index (χ4n) is 4.60. The highest BCUT2D eigenvalue weighted by atomic mass is 32.2. The van der Waals surface area contributed by atoms with Crippen molar-refractivity contribution in [2.24, 2.45) is 0 Å². The number of hydrogen-bond donors (Lipinski definition) is 1. The summed E-state index contributed by atoms with van der Waals surface area (Å²) in [5.41, 5.74) is 2.40. The number of aliphatic hydroxyl groups excluding tert-OH is 1. The number of aryl methyl sites for hydroxylation is 1. The number of carbonyl (C=O) groups is 2. The van der Waals surface area contributed by atoms with Gasteiger partial charge in [-0.05, 0) is 54.4 Å². The topological polar surface area (TPSA) is 101 Å². The van der Waals surface area contributed by atoms with Gasteiger partial charge in [0.05, 0.1) is 17.3 Å². The van der Waals surface area contributed by atoms with Gasteiger partial charge in [0.1, 0.15) is 23.0 Å². The van der Waals surface area contributed by atoms with E-state index in [4.69, 9.17) is 0 Å². The van der Waals surface area contributed by atoms with Gasteiger partial charge in [0.2, 0.25) is 5.13 Å². The van der Waals surface area contributed by atoms with E-state index in [-0.39, 0.29) is 22.2 Å². The van der Waals surface area contributed by atoms with Crippen molar-refractivity contribution >= 4 is 51.3 Å². The van der Waals surface area contributed by atoms with Gasteiger partial charge in [-0.3, -0.25) is 18.9 Å². The summed E-state index contributed by atoms with van der Waals surface area (Å²) in [6.07, 6.45) is 1.70. The molecular weight excluding hydrogens is 556 g/mol. The number of pyridine rings is 1. The highest BCUT2D eigenvalue weighted by Gasteiger charge is 2.48. The number of nitrogens with zero attached hydrogens (tertiary/aromatic N) is 5. The van der Waals surface area contributed by atoms with E-state index in [0.717, 1.165) is 16.9 Å². The number of imidazole rings is 1. The van der Waals surface area contributed by atoms with Crippen LogP contribution in [0.4, 0.5) is 13.9 Å². The minimum atomic E-state index is -1.09. The van der Waals surface area contributed by atoms with Gasteiger partial charge in [-0.1, -0.05) is 53.4 Å². The van der Waals surface area contributed by atoms with Gasteiger partial charge in [-0.15, -0.1) is 10.2 Å². The van der Waals surface area contributed by atoms with Crippen LogP contribution in [-0.4, -0.2) is 36.4 Å². The number of amides is 1. The SMILES string of the molecule is Cc1nc2ccccn2c1/C(O)=C1\C(=O)C(=O)N(c2nnc(SCc3ccc(F)cc3)s2)C1c1ccc(F)cc1. The van der Waals surface area contributed by atoms with Crippen molar-refractivity contribution in [2.75, 3.05) is 4.90 Å². The lowest BCUT2D eigenvalue weighted by molar-refractivity contribution is -0.132. The number of anilines is 1. The standard InChI is InChI=1S/C28H19F2N5O3S2/c1-15-22(34-13-3-2-4-20(34)31-15)24(36)21-23(17-7-11-19(30)12-8-17)35(26(38)25(21)37)27-32-33-28(40-27)39-14-16-5-9-18(29)10-6-16/h2-13,23,36H,14H2,1H3/b24-21+. The van der Waals surface area contributed by atoms with E-state index in [1.54, 1.807) is 47.9 Å². The van der Waals surface area contributed by atoms with Crippen molar-refractivity contribution in [2.45, 2.75) is 23.1 Å². The predicted molar refractivity (Wildman–Crippen MR) is 147 cm³/mol. The molecule has 1 aliphatic heterocycles. The van der Waals surface area contributed by atoms with Crippen molar-refractivity contribution in [1.29, 1.82) is 0 Å². The van der Waals surface area contributed by atoms with E-state index in [2.05, 4.69) is 15.2 Å². The molecule has 200 valence electrons. The Balaban J connectivity index is 1.43. The number of aliphatic hydroxyl groups is 1. The third-order valence-corrected chi connectivity index (χ3v) is 8.56. The first kappa shape index (κ1) is 25.8. The Labute approximate surface area is 234 Å². The summed E-state index contributed by atoms with van der Waals surface area (Å²) in [6, 6.07) is 15.7. The Morgan fingerprint density at radius 1 is 1.00 bits per heavy atom. The summed E-state index contributed by atoms with van der Waals surface area (Å²) in [5.74, 6) is -2.54. The minimum absolute atomic E-state index is 0.145. The molecule has 1 atom stereocenters. The van der Waals surface area contributed by atoms with Crippen LogP contribution in [0, 0.1) is 18.6 Å². The quantitative estimate of drug-likeness (QED) is 0.0913. The Hall–Kier alpha value is -4.42. The van der Waals surface area contributed by atoms with E-state index in [0.29, 0.717) is 27.0 Å². The summed E-state index contributed by atoms with van der Waals surface area (Å²) in [5, 5.41) is 20.0. The maximum absolute atomic E-state index is 13.8. The normalized spacial score (nSPS) is 16.8. The summed E-state index contributed by atoms with van der Waals surface area (Å²) in [7, 11) is 0. The number of rotatable bonds is 6. The summed E-state index contributed by atoms with van der Waals surface area (Å²) >= 11 is 2.45. The smallest absolute Gasteiger partial charge is 0.301 e. The minimum Gasteiger partial charge on any atom is -0.505 e. The van der Waals surface area contributed by atoms with Crippen LogP contribution < -0.4 is 4.90 Å². The molecule has 1 aliphatic rings. The molecule has 2 aromatic carbocycles. The van der Waals surface area contributed by atoms with E-state index < -0.39 is 29.3 Å². The van der Waals surface area contributed by atoms with E-state index in [9.17, 15) is 23.5 Å². The zero-order valence-corrected chi connectivity index (χ0v) is 22.4. The summed E-state index contributed by atoms with van der Waals surface area (Å²) in [6.45, 7) is 1.69. The van der Waals surface area contributed by atoms with Gasteiger partial charge in [-0.2, -0.15) is 0 Å². The fraction of sp³-hybridized carbons (Fsp3) is 0.107. The molecule has 0 saturated carbocycles. The molecule has 0 aliphatic carbocycles. The predicted octanol–water partition coefficient (Wildman–Crippen LogP) is 5.69. The molecule has 1 fully saturated rings. The van der Waals surface area contributed by atoms with Gasteiger partial charge in [0, 0.05) is 11.9 Å². The third kappa shape index (κ3) is 4.54. The molecule has 0 spiro atoms. The molecule has 5 aromatic rings. The second-order valence-electron chi connectivity index (χ2n) is 8.96. The zero-order valence-electron chi connectivity index (χ0n) is 20.8. The van der Waals surface area contributed by atoms with Crippen molar-refractivity contribution in [3.63, 3.8) is 0 Å². The largest absolute Gasteiger partial charge is 0.505 e. The van der Waals surface area contributed by atoms with Gasteiger partial charge in [0.25, 0.3) is 5.78 Å². The van der Waals surface area contributed by atoms with Crippen LogP contribution in [-0.2, 0) is 15.3 Å². The van der Waals surface area contributed by atoms with Crippen molar-refractivity contribution in [3.8, 4) is 0 Å². The van der Waals surface area contributed by atoms with Gasteiger partial charge in [-0.25, -0.2) is 13.8 Å². The fourth-order valence-corrected chi connectivity index (χ4v) is 6.42. The van der Waals surface area contributed by atoms with Crippen LogP contribution in [0.5, 0.6) is 0 Å². The van der Waals surface area contributed by atoms with Crippen LogP contribution in [0.1, 0.15) is 28.6 Å². The van der Waals surface area contributed by atoms with Crippen LogP contribution in [0.2, 0.25) is 0 Å². The van der Waals surface area contributed by atoms with Gasteiger partial charge >= 0.3 is 5.91 Å². The molecule has 0 bridgehead atoms. The molecule has 6 rings (SSSR count). The van der Waals surface area contributed by atoms with Gasteiger partial charge in [0.15, 0.2) is 10.1 Å². The number of halogens is 2. The zero-order chi connectivity index (χ0) is 28.0. The molecular formula is C28H19F2N5O3S2. The molecule has 1 unspecified atom stereocenters. The Bertz CT molecular complexity index is 1800. The van der Waals surface area contributed by atoms with Crippen LogP contribution in [0.25, 0.3) is 11.4 Å². The number of carbonyl (C=O) groups excluding carboxylic acids is 2. The lowest BCUT2D eigenvalue weighted by Gasteiger charge is -2.22. The number of ketones is 1. The maximum Gasteiger partial charge on any atom is 0.301 e. The number of Topliss-reactive ketones (excluding diaryl/α,β-unsaturated/α-hetero) is 1. The Kier molecular flexibility index (Phi) is 6.64. The average molecular weight is 576 g/mol. The molecule has 1 saturated heterocycles. The van der Waals surface area contributed by atoms with Crippen LogP contribution in [0.15, 0.2) is 82.8 Å². The lowest BCUT2D eigenvalue weighted by atomic mass is 9.96. The van der Waals surface area contributed by atoms with Crippen LogP contribution >= 0.6 is 23.1 Å². The van der Waals surface area contributed by atoms with Crippen molar-refractivity contribution in [3.05, 3.63) is 113 Å². The highest BCUT2D eigenvalue weighted by molar-refractivity contribution is 8.00. The number of thioether (sulfide) groups is 1. The van der Waals surface area contributed by atoms with E-state index in [1.165, 1.54) is 53.1 Å². The monoisotopic (exact) mass is 575 g/mol. The lowest BCUT2D eigenvalue weighted by Crippen LogP contribution is -2.29. The van der Waals surface area contributed by atoms with Crippen molar-refractivity contribution < 1.29 is 23.5 Å². The molecule has 1 amide bonds. The molecule has 1 N–H and O–H groups in total. The second-order valence-corrected chi connectivity index (χ2v) is 11.1. The molecule has 40 heavy (non-hydrogen) atoms.